The standard InChI is InChI=1S/C25H41N2O2/c1-2-3-4-5-6-8-14-22(21-12-9-7-10-13-21)16-17-23(18-19-25(28)29)27-24-15-11-20-26-24/h11,15,18-23,26H,2-10,12-14,16-17H2,1H3,(H,28,29)/q-1/b19-18+/t22-,23-/m1/s1. The molecule has 0 bridgehead atoms. The van der Waals surface area contributed by atoms with Gasteiger partial charge in [0, 0.05) is 6.08 Å². The number of hydrogen-bond acceptors (Lipinski definition) is 1. The van der Waals surface area contributed by atoms with Gasteiger partial charge in [0.15, 0.2) is 0 Å². The van der Waals surface area contributed by atoms with Crippen LogP contribution in [0.1, 0.15) is 96.8 Å². The quantitative estimate of drug-likeness (QED) is 0.233. The number of H-pyrrole nitrogens is 1. The highest BCUT2D eigenvalue weighted by Gasteiger charge is 2.23. The summed E-state index contributed by atoms with van der Waals surface area (Å²) in [6.07, 6.45) is 23.3. The molecule has 29 heavy (non-hydrogen) atoms. The van der Waals surface area contributed by atoms with Crippen LogP contribution in [0.2, 0.25) is 0 Å². The number of aromatic amines is 1. The second-order valence-corrected chi connectivity index (χ2v) is 8.74. The van der Waals surface area contributed by atoms with Crippen LogP contribution in [0.5, 0.6) is 0 Å². The maximum Gasteiger partial charge on any atom is 0.327 e. The fraction of sp³-hybridized carbons (Fsp3) is 0.720. The summed E-state index contributed by atoms with van der Waals surface area (Å²) in [4.78, 5) is 14.1. The molecule has 164 valence electrons. The Kier molecular flexibility index (Phi) is 11.6. The Morgan fingerprint density at radius 1 is 1.14 bits per heavy atom. The van der Waals surface area contributed by atoms with Crippen LogP contribution >= 0.6 is 0 Å². The molecule has 0 aromatic carbocycles. The van der Waals surface area contributed by atoms with Crippen molar-refractivity contribution >= 4 is 11.8 Å². The van der Waals surface area contributed by atoms with E-state index >= 15 is 0 Å². The van der Waals surface area contributed by atoms with Gasteiger partial charge in [-0.25, -0.2) is 4.79 Å². The van der Waals surface area contributed by atoms with Crippen molar-refractivity contribution in [1.29, 1.82) is 0 Å². The first-order valence-electron chi connectivity index (χ1n) is 11.9. The number of nitrogens with one attached hydrogen (secondary N) is 1. The third kappa shape index (κ3) is 10.0. The van der Waals surface area contributed by atoms with Crippen molar-refractivity contribution in [3.05, 3.63) is 35.8 Å². The number of unbranched alkanes of at least 4 members (excludes halogenated alkanes) is 5. The van der Waals surface area contributed by atoms with Gasteiger partial charge in [-0.1, -0.05) is 114 Å². The number of nitrogens with zero attached hydrogens (tertiary/aromatic N) is 1. The van der Waals surface area contributed by atoms with E-state index in [1.54, 1.807) is 6.08 Å². The van der Waals surface area contributed by atoms with E-state index in [0.29, 0.717) is 0 Å². The molecule has 2 N–H and O–H groups in total. The second kappa shape index (κ2) is 14.3. The molecule has 2 rings (SSSR count). The first kappa shape index (κ1) is 23.6. The van der Waals surface area contributed by atoms with Crippen molar-refractivity contribution in [2.24, 2.45) is 11.8 Å². The van der Waals surface area contributed by atoms with Crippen LogP contribution in [0.15, 0.2) is 30.5 Å². The van der Waals surface area contributed by atoms with Crippen LogP contribution in [0.3, 0.4) is 0 Å². The van der Waals surface area contributed by atoms with Gasteiger partial charge in [-0.15, -0.1) is 0 Å². The maximum absolute atomic E-state index is 11.0. The van der Waals surface area contributed by atoms with Crippen molar-refractivity contribution < 1.29 is 9.90 Å². The number of carboxylic acids is 1. The summed E-state index contributed by atoms with van der Waals surface area (Å²) in [6, 6.07) is 3.80. The number of aliphatic carboxylic acids is 1. The zero-order valence-electron chi connectivity index (χ0n) is 18.3. The zero-order chi connectivity index (χ0) is 20.7. The van der Waals surface area contributed by atoms with E-state index in [1.807, 2.05) is 18.3 Å². The molecule has 1 saturated carbocycles. The molecule has 1 aliphatic rings. The van der Waals surface area contributed by atoms with Gasteiger partial charge < -0.3 is 15.4 Å². The predicted molar refractivity (Wildman–Crippen MR) is 122 cm³/mol. The molecule has 1 heterocycles. The van der Waals surface area contributed by atoms with E-state index in [-0.39, 0.29) is 6.04 Å². The Bertz CT molecular complexity index is 561. The van der Waals surface area contributed by atoms with Gasteiger partial charge in [0.25, 0.3) is 0 Å². The first-order valence-corrected chi connectivity index (χ1v) is 11.9. The third-order valence-electron chi connectivity index (χ3n) is 6.43. The molecule has 4 heteroatoms. The van der Waals surface area contributed by atoms with E-state index in [9.17, 15) is 4.79 Å². The van der Waals surface area contributed by atoms with E-state index in [4.69, 9.17) is 10.4 Å². The van der Waals surface area contributed by atoms with Gasteiger partial charge >= 0.3 is 5.97 Å². The van der Waals surface area contributed by atoms with Gasteiger partial charge in [-0.05, 0) is 30.7 Å². The van der Waals surface area contributed by atoms with Gasteiger partial charge in [-0.3, -0.25) is 0 Å². The number of aromatic nitrogens is 1. The molecule has 0 saturated heterocycles. The highest BCUT2D eigenvalue weighted by atomic mass is 16.4. The van der Waals surface area contributed by atoms with Crippen molar-refractivity contribution in [3.63, 3.8) is 0 Å². The lowest BCUT2D eigenvalue weighted by molar-refractivity contribution is -0.131. The Balaban J connectivity index is 1.88. The van der Waals surface area contributed by atoms with E-state index in [0.717, 1.165) is 30.5 Å². The fourth-order valence-electron chi connectivity index (χ4n) is 4.77. The lowest BCUT2D eigenvalue weighted by atomic mass is 9.75. The molecule has 0 unspecified atom stereocenters. The molecule has 1 aliphatic carbocycles. The first-order chi connectivity index (χ1) is 14.2. The number of carboxylic acid groups (broad SMARTS) is 1. The monoisotopic (exact) mass is 401 g/mol. The lowest BCUT2D eigenvalue weighted by Gasteiger charge is -2.32. The van der Waals surface area contributed by atoms with Crippen molar-refractivity contribution in [2.45, 2.75) is 103 Å². The topological polar surface area (TPSA) is 67.2 Å². The predicted octanol–water partition coefficient (Wildman–Crippen LogP) is 7.76. The Morgan fingerprint density at radius 3 is 2.59 bits per heavy atom. The number of rotatable bonds is 15. The van der Waals surface area contributed by atoms with Crippen LogP contribution in [0.4, 0.5) is 5.82 Å². The molecule has 1 aromatic heterocycles. The van der Waals surface area contributed by atoms with Crippen LogP contribution in [-0.2, 0) is 4.79 Å². The summed E-state index contributed by atoms with van der Waals surface area (Å²) >= 11 is 0. The molecule has 0 amide bonds. The van der Waals surface area contributed by atoms with Gasteiger partial charge in [0.2, 0.25) is 0 Å². The molecular formula is C25H41N2O2-. The summed E-state index contributed by atoms with van der Waals surface area (Å²) in [6.45, 7) is 2.27. The van der Waals surface area contributed by atoms with E-state index in [2.05, 4.69) is 11.9 Å². The van der Waals surface area contributed by atoms with E-state index in [1.165, 1.54) is 83.1 Å². The smallest absolute Gasteiger partial charge is 0.327 e. The minimum atomic E-state index is -0.896. The molecule has 0 aliphatic heterocycles. The van der Waals surface area contributed by atoms with Crippen LogP contribution in [-0.4, -0.2) is 22.1 Å². The normalized spacial score (nSPS) is 17.4. The van der Waals surface area contributed by atoms with Crippen LogP contribution < -0.4 is 0 Å². The van der Waals surface area contributed by atoms with Crippen LogP contribution in [0, 0.1) is 11.8 Å². The van der Waals surface area contributed by atoms with Gasteiger partial charge in [0.1, 0.15) is 0 Å². The Labute approximate surface area is 177 Å². The number of carbonyl (C=O) groups is 1. The molecule has 2 atom stereocenters. The average Bonchev–Trinajstić information content (AvgIpc) is 3.24. The minimum absolute atomic E-state index is 0.0691. The van der Waals surface area contributed by atoms with Crippen molar-refractivity contribution in [3.8, 4) is 0 Å². The molecule has 0 radical (unpaired) electrons. The highest BCUT2D eigenvalue weighted by molar-refractivity contribution is 5.80. The van der Waals surface area contributed by atoms with Crippen molar-refractivity contribution in [1.82, 2.24) is 4.98 Å². The maximum atomic E-state index is 11.0. The molecule has 1 aromatic rings. The number of hydrogen-bond donors (Lipinski definition) is 2. The third-order valence-corrected chi connectivity index (χ3v) is 6.43. The van der Waals surface area contributed by atoms with Gasteiger partial charge in [0.05, 0.1) is 0 Å². The molecular weight excluding hydrogens is 360 g/mol. The minimum Gasteiger partial charge on any atom is -0.478 e. The Morgan fingerprint density at radius 2 is 1.90 bits per heavy atom. The highest BCUT2D eigenvalue weighted by Crippen LogP contribution is 2.36. The summed E-state index contributed by atoms with van der Waals surface area (Å²) < 4.78 is 0. The van der Waals surface area contributed by atoms with Crippen LogP contribution in [0.25, 0.3) is 5.32 Å². The van der Waals surface area contributed by atoms with Gasteiger partial charge in [-0.2, -0.15) is 0 Å². The summed E-state index contributed by atoms with van der Waals surface area (Å²) in [5, 5.41) is 13.8. The zero-order valence-corrected chi connectivity index (χ0v) is 18.3. The average molecular weight is 402 g/mol. The van der Waals surface area contributed by atoms with E-state index < -0.39 is 5.97 Å². The molecule has 4 nitrogen and oxygen atoms in total. The molecule has 0 spiro atoms. The summed E-state index contributed by atoms with van der Waals surface area (Å²) in [7, 11) is 0. The summed E-state index contributed by atoms with van der Waals surface area (Å²) in [5.41, 5.74) is 0. The fourth-order valence-corrected chi connectivity index (χ4v) is 4.77. The largest absolute Gasteiger partial charge is 0.478 e. The van der Waals surface area contributed by atoms with Crippen molar-refractivity contribution in [2.75, 3.05) is 0 Å². The SMILES string of the molecule is CCCCCCCC[C@H](CC[C@H](/C=C/C(=O)O)[N-]c1ccc[nH]1)C1CCCCC1. The summed E-state index contributed by atoms with van der Waals surface area (Å²) in [5.74, 6) is 1.55. The Hall–Kier alpha value is -1.71. The molecule has 1 fully saturated rings. The second-order valence-electron chi connectivity index (χ2n) is 8.74. The lowest BCUT2D eigenvalue weighted by Crippen LogP contribution is -2.19.